The highest BCUT2D eigenvalue weighted by molar-refractivity contribution is 7.89. The largest absolute Gasteiger partial charge is 0.497 e. The molecule has 2 N–H and O–H groups in total. The number of sulfonamides is 1. The van der Waals surface area contributed by atoms with Crippen molar-refractivity contribution in [1.82, 2.24) is 9.82 Å². The van der Waals surface area contributed by atoms with Crippen molar-refractivity contribution in [3.05, 3.63) is 83.7 Å². The first-order valence-corrected chi connectivity index (χ1v) is 11.0. The summed E-state index contributed by atoms with van der Waals surface area (Å²) in [6.45, 7) is -0.127. The second kappa shape index (κ2) is 10.1. The Morgan fingerprint density at radius 2 is 1.73 bits per heavy atom. The van der Waals surface area contributed by atoms with E-state index in [0.29, 0.717) is 11.3 Å². The van der Waals surface area contributed by atoms with Crippen LogP contribution in [-0.2, 0) is 21.3 Å². The van der Waals surface area contributed by atoms with E-state index in [9.17, 15) is 23.1 Å². The van der Waals surface area contributed by atoms with E-state index in [1.54, 1.807) is 18.3 Å². The molecule has 0 radical (unpaired) electrons. The molecule has 3 aromatic rings. The van der Waals surface area contributed by atoms with Gasteiger partial charge in [-0.25, -0.2) is 18.0 Å². The molecule has 33 heavy (non-hydrogen) atoms. The van der Waals surface area contributed by atoms with Crippen LogP contribution < -0.4 is 14.6 Å². The van der Waals surface area contributed by atoms with E-state index in [1.807, 2.05) is 0 Å². The Hall–Kier alpha value is -3.96. The SMILES string of the molecule is COC(=O)c1cccc(C(=O)O)c1N(Cc1cccnc1)NS(=O)(=O)c1ccc(OC)cc1. The number of carboxylic acid groups (broad SMARTS) is 1. The first-order chi connectivity index (χ1) is 15.8. The molecule has 0 bridgehead atoms. The molecule has 11 heteroatoms. The van der Waals surface area contributed by atoms with Crippen molar-refractivity contribution in [3.63, 3.8) is 0 Å². The van der Waals surface area contributed by atoms with Crippen molar-refractivity contribution >= 4 is 27.6 Å². The third-order valence-corrected chi connectivity index (χ3v) is 5.96. The maximum Gasteiger partial charge on any atom is 0.340 e. The molecule has 0 atom stereocenters. The molecule has 1 aromatic heterocycles. The topological polar surface area (TPSA) is 135 Å². The van der Waals surface area contributed by atoms with Crippen molar-refractivity contribution < 1.29 is 32.6 Å². The van der Waals surface area contributed by atoms with Crippen LogP contribution in [0.3, 0.4) is 0 Å². The number of benzene rings is 2. The van der Waals surface area contributed by atoms with Gasteiger partial charge in [0, 0.05) is 12.4 Å². The maximum absolute atomic E-state index is 13.2. The smallest absolute Gasteiger partial charge is 0.340 e. The van der Waals surface area contributed by atoms with Crippen LogP contribution >= 0.6 is 0 Å². The molecule has 0 saturated carbocycles. The lowest BCUT2D eigenvalue weighted by molar-refractivity contribution is 0.0601. The van der Waals surface area contributed by atoms with Crippen LogP contribution in [0, 0.1) is 0 Å². The van der Waals surface area contributed by atoms with E-state index in [-0.39, 0.29) is 28.3 Å². The average Bonchev–Trinajstić information content (AvgIpc) is 2.83. The molecular formula is C22H21N3O7S. The molecule has 0 aliphatic rings. The summed E-state index contributed by atoms with van der Waals surface area (Å²) in [5.74, 6) is -1.71. The molecular weight excluding hydrogens is 450 g/mol. The van der Waals surface area contributed by atoms with E-state index in [4.69, 9.17) is 9.47 Å². The number of hydrazine groups is 1. The second-order valence-corrected chi connectivity index (χ2v) is 8.38. The van der Waals surface area contributed by atoms with Gasteiger partial charge in [-0.2, -0.15) is 0 Å². The number of pyridine rings is 1. The highest BCUT2D eigenvalue weighted by atomic mass is 32.2. The van der Waals surface area contributed by atoms with Crippen molar-refractivity contribution in [2.24, 2.45) is 0 Å². The number of carbonyl (C=O) groups is 2. The number of nitrogens with zero attached hydrogens (tertiary/aromatic N) is 2. The zero-order valence-electron chi connectivity index (χ0n) is 17.8. The predicted octanol–water partition coefficient (Wildman–Crippen LogP) is 2.48. The van der Waals surface area contributed by atoms with E-state index in [0.717, 1.165) is 12.1 Å². The summed E-state index contributed by atoms with van der Waals surface area (Å²) in [6, 6.07) is 13.0. The Morgan fingerprint density at radius 1 is 1.03 bits per heavy atom. The highest BCUT2D eigenvalue weighted by Gasteiger charge is 2.28. The summed E-state index contributed by atoms with van der Waals surface area (Å²) >= 11 is 0. The van der Waals surface area contributed by atoms with Gasteiger partial charge in [0.25, 0.3) is 10.0 Å². The molecule has 0 aliphatic heterocycles. The van der Waals surface area contributed by atoms with Crippen LogP contribution in [0.25, 0.3) is 0 Å². The highest BCUT2D eigenvalue weighted by Crippen LogP contribution is 2.28. The molecule has 0 unspecified atom stereocenters. The fraction of sp³-hybridized carbons (Fsp3) is 0.136. The number of hydrogen-bond donors (Lipinski definition) is 2. The third kappa shape index (κ3) is 5.45. The summed E-state index contributed by atoms with van der Waals surface area (Å²) in [7, 11) is -1.59. The quantitative estimate of drug-likeness (QED) is 0.356. The number of aromatic nitrogens is 1. The zero-order chi connectivity index (χ0) is 24.0. The van der Waals surface area contributed by atoms with Crippen molar-refractivity contribution in [2.45, 2.75) is 11.4 Å². The summed E-state index contributed by atoms with van der Waals surface area (Å²) in [5.41, 5.74) is -0.0262. The van der Waals surface area contributed by atoms with E-state index >= 15 is 0 Å². The molecule has 0 spiro atoms. The summed E-state index contributed by atoms with van der Waals surface area (Å²) in [5, 5.41) is 10.8. The zero-order valence-corrected chi connectivity index (χ0v) is 18.6. The number of nitrogens with one attached hydrogen (secondary N) is 1. The fourth-order valence-corrected chi connectivity index (χ4v) is 4.11. The number of methoxy groups -OCH3 is 2. The molecule has 172 valence electrons. The second-order valence-electron chi connectivity index (χ2n) is 6.72. The van der Waals surface area contributed by atoms with Gasteiger partial charge in [0.1, 0.15) is 5.75 Å². The Morgan fingerprint density at radius 3 is 2.30 bits per heavy atom. The van der Waals surface area contributed by atoms with Gasteiger partial charge >= 0.3 is 11.9 Å². The molecule has 1 heterocycles. The number of carbonyl (C=O) groups excluding carboxylic acids is 1. The molecule has 0 amide bonds. The predicted molar refractivity (Wildman–Crippen MR) is 118 cm³/mol. The Balaban J connectivity index is 2.15. The lowest BCUT2D eigenvalue weighted by Crippen LogP contribution is -2.43. The number of anilines is 1. The van der Waals surface area contributed by atoms with Gasteiger partial charge in [-0.05, 0) is 48.0 Å². The number of aromatic carboxylic acids is 1. The van der Waals surface area contributed by atoms with E-state index in [1.165, 1.54) is 55.8 Å². The van der Waals surface area contributed by atoms with Crippen molar-refractivity contribution in [1.29, 1.82) is 0 Å². The lowest BCUT2D eigenvalue weighted by Gasteiger charge is -2.28. The van der Waals surface area contributed by atoms with Crippen LogP contribution in [0.2, 0.25) is 0 Å². The lowest BCUT2D eigenvalue weighted by atomic mass is 10.1. The van der Waals surface area contributed by atoms with Gasteiger partial charge in [-0.3, -0.25) is 9.99 Å². The first kappa shape index (κ1) is 23.7. The normalized spacial score (nSPS) is 11.0. The van der Waals surface area contributed by atoms with Gasteiger partial charge in [0.15, 0.2) is 0 Å². The van der Waals surface area contributed by atoms with Gasteiger partial charge < -0.3 is 14.6 Å². The van der Waals surface area contributed by atoms with Crippen molar-refractivity contribution in [3.8, 4) is 5.75 Å². The first-order valence-electron chi connectivity index (χ1n) is 9.54. The summed E-state index contributed by atoms with van der Waals surface area (Å²) in [6.07, 6.45) is 3.04. The molecule has 0 aliphatic carbocycles. The Bertz CT molecular complexity index is 1250. The molecule has 10 nitrogen and oxygen atoms in total. The number of esters is 1. The molecule has 3 rings (SSSR count). The fourth-order valence-electron chi connectivity index (χ4n) is 3.07. The van der Waals surface area contributed by atoms with Gasteiger partial charge in [-0.1, -0.05) is 12.1 Å². The summed E-state index contributed by atoms with van der Waals surface area (Å²) in [4.78, 5) is 30.7. The summed E-state index contributed by atoms with van der Waals surface area (Å²) < 4.78 is 36.2. The maximum atomic E-state index is 13.2. The van der Waals surface area contributed by atoms with Gasteiger partial charge in [-0.15, -0.1) is 4.83 Å². The Labute approximate surface area is 190 Å². The molecule has 0 saturated heterocycles. The molecule has 2 aromatic carbocycles. The number of para-hydroxylation sites is 1. The van der Waals surface area contributed by atoms with Crippen LogP contribution in [0.15, 0.2) is 71.9 Å². The van der Waals surface area contributed by atoms with Crippen LogP contribution in [0.5, 0.6) is 5.75 Å². The van der Waals surface area contributed by atoms with Crippen LogP contribution in [0.4, 0.5) is 5.69 Å². The van der Waals surface area contributed by atoms with Gasteiger partial charge in [0.2, 0.25) is 0 Å². The van der Waals surface area contributed by atoms with Gasteiger partial charge in [0.05, 0.1) is 42.5 Å². The average molecular weight is 471 g/mol. The van der Waals surface area contributed by atoms with Crippen LogP contribution in [-0.4, -0.2) is 44.7 Å². The monoisotopic (exact) mass is 471 g/mol. The van der Waals surface area contributed by atoms with Crippen LogP contribution in [0.1, 0.15) is 26.3 Å². The van der Waals surface area contributed by atoms with E-state index < -0.39 is 22.0 Å². The van der Waals surface area contributed by atoms with E-state index in [2.05, 4.69) is 9.82 Å². The number of carboxylic acids is 1. The Kier molecular flexibility index (Phi) is 7.26. The minimum absolute atomic E-state index is 0.0908. The number of rotatable bonds is 9. The van der Waals surface area contributed by atoms with Crippen molar-refractivity contribution in [2.75, 3.05) is 19.2 Å². The minimum atomic E-state index is -4.19. The standard InChI is InChI=1S/C22H21N3O7S/c1-31-16-8-10-17(11-9-16)33(29,30)24-25(14-15-5-4-12-23-13-15)20-18(21(26)27)6-3-7-19(20)22(28)32-2/h3-13,24H,14H2,1-2H3,(H,26,27). The number of ether oxygens (including phenoxy) is 2. The molecule has 0 fully saturated rings. The third-order valence-electron chi connectivity index (χ3n) is 4.61. The minimum Gasteiger partial charge on any atom is -0.497 e. The number of hydrogen-bond acceptors (Lipinski definition) is 8.